The van der Waals surface area contributed by atoms with Crippen molar-refractivity contribution in [3.63, 3.8) is 0 Å². The van der Waals surface area contributed by atoms with Crippen molar-refractivity contribution in [3.8, 4) is 5.75 Å². The topological polar surface area (TPSA) is 58.6 Å². The van der Waals surface area contributed by atoms with Gasteiger partial charge in [-0.15, -0.1) is 0 Å². The zero-order valence-electron chi connectivity index (χ0n) is 12.0. The van der Waals surface area contributed by atoms with Crippen LogP contribution in [0.15, 0.2) is 48.5 Å². The Hall–Kier alpha value is -2.49. The maximum Gasteiger partial charge on any atom is 0.339 e. The molecule has 0 radical (unpaired) electrons. The van der Waals surface area contributed by atoms with Crippen LogP contribution in [-0.4, -0.2) is 24.2 Å². The van der Waals surface area contributed by atoms with Gasteiger partial charge in [0.25, 0.3) is 0 Å². The van der Waals surface area contributed by atoms with Crippen LogP contribution in [0, 0.1) is 0 Å². The van der Waals surface area contributed by atoms with E-state index in [-0.39, 0.29) is 5.56 Å². The molecule has 2 aromatic carbocycles. The van der Waals surface area contributed by atoms with Crippen LogP contribution in [-0.2, 0) is 6.42 Å². The van der Waals surface area contributed by atoms with Gasteiger partial charge in [0.2, 0.25) is 0 Å². The van der Waals surface area contributed by atoms with Gasteiger partial charge in [0.05, 0.1) is 0 Å². The van der Waals surface area contributed by atoms with Crippen LogP contribution in [0.2, 0.25) is 0 Å². The third-order valence-corrected chi connectivity index (χ3v) is 3.17. The number of anilines is 1. The predicted molar refractivity (Wildman–Crippen MR) is 83.2 cm³/mol. The number of benzene rings is 2. The summed E-state index contributed by atoms with van der Waals surface area (Å²) in [6.07, 6.45) is 1.02. The first-order valence-electron chi connectivity index (χ1n) is 6.98. The smallest absolute Gasteiger partial charge is 0.339 e. The summed E-state index contributed by atoms with van der Waals surface area (Å²) in [6.45, 7) is 3.13. The molecule has 0 unspecified atom stereocenters. The average molecular weight is 285 g/mol. The fourth-order valence-electron chi connectivity index (χ4n) is 1.98. The van der Waals surface area contributed by atoms with Crippen molar-refractivity contribution in [2.45, 2.75) is 13.3 Å². The molecule has 0 saturated heterocycles. The fourth-order valence-corrected chi connectivity index (χ4v) is 1.98. The lowest BCUT2D eigenvalue weighted by Gasteiger charge is -2.10. The molecular weight excluding hydrogens is 266 g/mol. The highest BCUT2D eigenvalue weighted by Crippen LogP contribution is 2.17. The minimum atomic E-state index is -0.978. The van der Waals surface area contributed by atoms with Crippen molar-refractivity contribution in [3.05, 3.63) is 59.7 Å². The number of ether oxygens (including phenoxy) is 1. The van der Waals surface area contributed by atoms with Gasteiger partial charge < -0.3 is 15.2 Å². The first-order chi connectivity index (χ1) is 10.2. The Morgan fingerprint density at radius 1 is 1.14 bits per heavy atom. The molecular formula is C17H19NO3. The van der Waals surface area contributed by atoms with Crippen molar-refractivity contribution in [2.75, 3.05) is 18.5 Å². The molecule has 2 aromatic rings. The molecule has 0 spiro atoms. The van der Waals surface area contributed by atoms with Gasteiger partial charge in [-0.2, -0.15) is 0 Å². The number of carboxylic acid groups (broad SMARTS) is 1. The molecule has 0 heterocycles. The summed E-state index contributed by atoms with van der Waals surface area (Å²) in [5.41, 5.74) is 2.51. The van der Waals surface area contributed by atoms with E-state index < -0.39 is 5.97 Å². The van der Waals surface area contributed by atoms with Crippen molar-refractivity contribution < 1.29 is 14.6 Å². The van der Waals surface area contributed by atoms with Crippen molar-refractivity contribution >= 4 is 11.7 Å². The summed E-state index contributed by atoms with van der Waals surface area (Å²) in [5, 5.41) is 12.3. The largest absolute Gasteiger partial charge is 0.491 e. The SMILES string of the molecule is CCc1ccc(NCCOc2ccccc2C(=O)O)cc1. The van der Waals surface area contributed by atoms with Gasteiger partial charge in [-0.05, 0) is 36.2 Å². The highest BCUT2D eigenvalue weighted by molar-refractivity contribution is 5.90. The monoisotopic (exact) mass is 285 g/mol. The number of nitrogens with one attached hydrogen (secondary N) is 1. The minimum absolute atomic E-state index is 0.185. The van der Waals surface area contributed by atoms with E-state index in [0.29, 0.717) is 18.9 Å². The number of hydrogen-bond donors (Lipinski definition) is 2. The summed E-state index contributed by atoms with van der Waals surface area (Å²) in [5.74, 6) is -0.582. The lowest BCUT2D eigenvalue weighted by Crippen LogP contribution is -2.13. The second-order valence-corrected chi connectivity index (χ2v) is 4.63. The van der Waals surface area contributed by atoms with Gasteiger partial charge in [0, 0.05) is 12.2 Å². The van der Waals surface area contributed by atoms with Gasteiger partial charge in [-0.1, -0.05) is 31.2 Å². The molecule has 0 saturated carbocycles. The van der Waals surface area contributed by atoms with E-state index in [1.165, 1.54) is 11.6 Å². The van der Waals surface area contributed by atoms with Crippen LogP contribution in [0.3, 0.4) is 0 Å². The van der Waals surface area contributed by atoms with Crippen LogP contribution >= 0.6 is 0 Å². The van der Waals surface area contributed by atoms with Crippen LogP contribution in [0.5, 0.6) is 5.75 Å². The summed E-state index contributed by atoms with van der Waals surface area (Å²) in [7, 11) is 0. The van der Waals surface area contributed by atoms with Crippen molar-refractivity contribution in [1.82, 2.24) is 0 Å². The number of para-hydroxylation sites is 1. The first kappa shape index (κ1) is 14.9. The maximum absolute atomic E-state index is 11.0. The summed E-state index contributed by atoms with van der Waals surface area (Å²) < 4.78 is 5.52. The quantitative estimate of drug-likeness (QED) is 0.765. The standard InChI is InChI=1S/C17H19NO3/c1-2-13-7-9-14(10-8-13)18-11-12-21-16-6-4-3-5-15(16)17(19)20/h3-10,18H,2,11-12H2,1H3,(H,19,20). The molecule has 0 aliphatic heterocycles. The van der Waals surface area contributed by atoms with Gasteiger partial charge >= 0.3 is 5.97 Å². The van der Waals surface area contributed by atoms with Crippen molar-refractivity contribution in [1.29, 1.82) is 0 Å². The minimum Gasteiger partial charge on any atom is -0.491 e. The highest BCUT2D eigenvalue weighted by atomic mass is 16.5. The van der Waals surface area contributed by atoms with Gasteiger partial charge in [0.15, 0.2) is 0 Å². The fraction of sp³-hybridized carbons (Fsp3) is 0.235. The summed E-state index contributed by atoms with van der Waals surface area (Å²) in [4.78, 5) is 11.0. The van der Waals surface area contributed by atoms with Crippen LogP contribution in [0.25, 0.3) is 0 Å². The molecule has 0 amide bonds. The Bertz CT molecular complexity index is 593. The number of hydrogen-bond acceptors (Lipinski definition) is 3. The molecule has 21 heavy (non-hydrogen) atoms. The van der Waals surface area contributed by atoms with E-state index in [4.69, 9.17) is 9.84 Å². The van der Waals surface area contributed by atoms with E-state index in [1.807, 2.05) is 12.1 Å². The van der Waals surface area contributed by atoms with Crippen LogP contribution in [0.4, 0.5) is 5.69 Å². The maximum atomic E-state index is 11.0. The highest BCUT2D eigenvalue weighted by Gasteiger charge is 2.09. The van der Waals surface area contributed by atoms with Crippen LogP contribution in [0.1, 0.15) is 22.8 Å². The average Bonchev–Trinajstić information content (AvgIpc) is 2.52. The lowest BCUT2D eigenvalue weighted by molar-refractivity contribution is 0.0692. The third-order valence-electron chi connectivity index (χ3n) is 3.17. The van der Waals surface area contributed by atoms with Crippen molar-refractivity contribution in [2.24, 2.45) is 0 Å². The normalized spacial score (nSPS) is 10.1. The molecule has 0 aromatic heterocycles. The van der Waals surface area contributed by atoms with Crippen LogP contribution < -0.4 is 10.1 Å². The number of carbonyl (C=O) groups is 1. The van der Waals surface area contributed by atoms with E-state index in [2.05, 4.69) is 24.4 Å². The molecule has 0 atom stereocenters. The molecule has 4 heteroatoms. The first-order valence-corrected chi connectivity index (χ1v) is 6.98. The van der Waals surface area contributed by atoms with E-state index >= 15 is 0 Å². The zero-order valence-corrected chi connectivity index (χ0v) is 12.0. The second kappa shape index (κ2) is 7.33. The Kier molecular flexibility index (Phi) is 5.21. The molecule has 0 fully saturated rings. The van der Waals surface area contributed by atoms with E-state index in [0.717, 1.165) is 12.1 Å². The number of rotatable bonds is 7. The molecule has 0 aliphatic rings. The molecule has 2 N–H and O–H groups in total. The van der Waals surface area contributed by atoms with E-state index in [1.54, 1.807) is 18.2 Å². The molecule has 4 nitrogen and oxygen atoms in total. The van der Waals surface area contributed by atoms with Gasteiger partial charge in [-0.3, -0.25) is 0 Å². The Balaban J connectivity index is 1.83. The predicted octanol–water partition coefficient (Wildman–Crippen LogP) is 3.44. The summed E-state index contributed by atoms with van der Waals surface area (Å²) in [6, 6.07) is 14.9. The molecule has 2 rings (SSSR count). The number of aryl methyl sites for hydroxylation is 1. The zero-order chi connectivity index (χ0) is 15.1. The van der Waals surface area contributed by atoms with Gasteiger partial charge in [-0.25, -0.2) is 4.79 Å². The molecule has 0 bridgehead atoms. The lowest BCUT2D eigenvalue weighted by atomic mass is 10.1. The Morgan fingerprint density at radius 2 is 1.86 bits per heavy atom. The molecule has 0 aliphatic carbocycles. The summed E-state index contributed by atoms with van der Waals surface area (Å²) >= 11 is 0. The molecule has 110 valence electrons. The Labute approximate surface area is 124 Å². The number of carboxylic acids is 1. The third kappa shape index (κ3) is 4.24. The van der Waals surface area contributed by atoms with Gasteiger partial charge in [0.1, 0.15) is 17.9 Å². The van der Waals surface area contributed by atoms with E-state index in [9.17, 15) is 4.79 Å². The Morgan fingerprint density at radius 3 is 2.52 bits per heavy atom. The second-order valence-electron chi connectivity index (χ2n) is 4.63. The number of aromatic carboxylic acids is 1.